The average Bonchev–Trinajstić information content (AvgIpc) is 2.16. The van der Waals surface area contributed by atoms with Crippen molar-refractivity contribution in [1.82, 2.24) is 0 Å². The minimum absolute atomic E-state index is 0.00669. The number of hydrogen-bond donors (Lipinski definition) is 0. The summed E-state index contributed by atoms with van der Waals surface area (Å²) in [5, 5.41) is 0. The van der Waals surface area contributed by atoms with Crippen molar-refractivity contribution in [2.45, 2.75) is 45.4 Å². The van der Waals surface area contributed by atoms with Crippen molar-refractivity contribution < 1.29 is 9.53 Å². The summed E-state index contributed by atoms with van der Waals surface area (Å²) in [5.41, 5.74) is 0.629. The molecule has 0 N–H and O–H groups in total. The molecule has 2 saturated carbocycles. The van der Waals surface area contributed by atoms with Crippen LogP contribution < -0.4 is 0 Å². The van der Waals surface area contributed by atoms with E-state index in [1.54, 1.807) is 0 Å². The van der Waals surface area contributed by atoms with Gasteiger partial charge in [-0.15, -0.1) is 0 Å². The van der Waals surface area contributed by atoms with Gasteiger partial charge in [0.2, 0.25) is 0 Å². The smallest absolute Gasteiger partial charge is 0.308 e. The number of esters is 1. The molecule has 0 saturated heterocycles. The molecule has 0 aromatic rings. The van der Waals surface area contributed by atoms with Gasteiger partial charge in [0, 0.05) is 0 Å². The molecule has 2 nitrogen and oxygen atoms in total. The van der Waals surface area contributed by atoms with Crippen LogP contribution in [-0.2, 0) is 9.53 Å². The van der Waals surface area contributed by atoms with Crippen LogP contribution in [0.3, 0.4) is 0 Å². The molecule has 2 aliphatic carbocycles. The molecule has 0 aliphatic heterocycles. The van der Waals surface area contributed by atoms with Gasteiger partial charge in [0.1, 0.15) is 0 Å². The average molecular weight is 196 g/mol. The number of hydrogen-bond acceptors (Lipinski definition) is 2. The van der Waals surface area contributed by atoms with Gasteiger partial charge in [-0.25, -0.2) is 0 Å². The summed E-state index contributed by atoms with van der Waals surface area (Å²) in [6, 6.07) is 0. The summed E-state index contributed by atoms with van der Waals surface area (Å²) in [7, 11) is 1.50. The Bertz CT molecular complexity index is 218. The van der Waals surface area contributed by atoms with Gasteiger partial charge in [0.15, 0.2) is 0 Å². The molecule has 80 valence electrons. The van der Waals surface area contributed by atoms with Gasteiger partial charge in [-0.2, -0.15) is 0 Å². The third kappa shape index (κ3) is 1.67. The highest BCUT2D eigenvalue weighted by atomic mass is 16.5. The zero-order chi connectivity index (χ0) is 10.2. The van der Waals surface area contributed by atoms with Crippen molar-refractivity contribution in [3.8, 4) is 0 Å². The van der Waals surface area contributed by atoms with Gasteiger partial charge in [0.05, 0.1) is 13.0 Å². The maximum Gasteiger partial charge on any atom is 0.308 e. The SMILES string of the molecule is COC(=O)C1CCC2(CC1)CC(C)C2. The second-order valence-electron chi connectivity index (χ2n) is 5.31. The lowest BCUT2D eigenvalue weighted by atomic mass is 9.55. The second kappa shape index (κ2) is 3.56. The Morgan fingerprint density at radius 2 is 1.86 bits per heavy atom. The van der Waals surface area contributed by atoms with Crippen LogP contribution in [0.25, 0.3) is 0 Å². The van der Waals surface area contributed by atoms with E-state index in [1.807, 2.05) is 0 Å². The molecule has 2 heteroatoms. The molecular formula is C12H20O2. The standard InChI is InChI=1S/C12H20O2/c1-9-7-12(8-9)5-3-10(4-6-12)11(13)14-2/h9-10H,3-8H2,1-2H3. The first-order valence-corrected chi connectivity index (χ1v) is 5.73. The predicted octanol–water partition coefficient (Wildman–Crippen LogP) is 2.77. The highest BCUT2D eigenvalue weighted by Gasteiger charge is 2.45. The molecule has 0 atom stereocenters. The van der Waals surface area contributed by atoms with Crippen molar-refractivity contribution in [1.29, 1.82) is 0 Å². The topological polar surface area (TPSA) is 26.3 Å². The Kier molecular flexibility index (Phi) is 2.54. The molecule has 0 unspecified atom stereocenters. The third-order valence-corrected chi connectivity index (χ3v) is 4.14. The zero-order valence-corrected chi connectivity index (χ0v) is 9.21. The third-order valence-electron chi connectivity index (χ3n) is 4.14. The van der Waals surface area contributed by atoms with E-state index >= 15 is 0 Å². The maximum atomic E-state index is 11.3. The monoisotopic (exact) mass is 196 g/mol. The lowest BCUT2D eigenvalue weighted by Crippen LogP contribution is -2.40. The Balaban J connectivity index is 1.84. The molecule has 0 radical (unpaired) electrons. The summed E-state index contributed by atoms with van der Waals surface area (Å²) >= 11 is 0. The highest BCUT2D eigenvalue weighted by Crippen LogP contribution is 2.55. The number of methoxy groups -OCH3 is 1. The molecule has 0 heterocycles. The van der Waals surface area contributed by atoms with Gasteiger partial charge >= 0.3 is 5.97 Å². The van der Waals surface area contributed by atoms with Crippen molar-refractivity contribution in [2.75, 3.05) is 7.11 Å². The Labute approximate surface area is 86.0 Å². The fourth-order valence-corrected chi connectivity index (χ4v) is 3.46. The summed E-state index contributed by atoms with van der Waals surface area (Å²) in [6.45, 7) is 2.33. The first-order valence-electron chi connectivity index (χ1n) is 5.73. The first-order chi connectivity index (χ1) is 6.65. The quantitative estimate of drug-likeness (QED) is 0.603. The van der Waals surface area contributed by atoms with E-state index in [0.717, 1.165) is 18.8 Å². The Morgan fingerprint density at radius 1 is 1.29 bits per heavy atom. The maximum absolute atomic E-state index is 11.3. The van der Waals surface area contributed by atoms with E-state index in [1.165, 1.54) is 32.8 Å². The summed E-state index contributed by atoms with van der Waals surface area (Å²) < 4.78 is 4.79. The molecular weight excluding hydrogens is 176 g/mol. The molecule has 1 spiro atoms. The number of ether oxygens (including phenoxy) is 1. The van der Waals surface area contributed by atoms with Crippen LogP contribution in [0, 0.1) is 17.3 Å². The molecule has 0 amide bonds. The Hall–Kier alpha value is -0.530. The summed E-state index contributed by atoms with van der Waals surface area (Å²) in [5.74, 6) is 1.12. The minimum Gasteiger partial charge on any atom is -0.469 e. The van der Waals surface area contributed by atoms with E-state index in [-0.39, 0.29) is 11.9 Å². The lowest BCUT2D eigenvalue weighted by Gasteiger charge is -2.50. The largest absolute Gasteiger partial charge is 0.469 e. The van der Waals surface area contributed by atoms with Gasteiger partial charge in [-0.05, 0) is 49.9 Å². The van der Waals surface area contributed by atoms with Crippen LogP contribution >= 0.6 is 0 Å². The van der Waals surface area contributed by atoms with Crippen LogP contribution in [-0.4, -0.2) is 13.1 Å². The molecule has 0 aromatic carbocycles. The normalized spacial score (nSPS) is 41.9. The fourth-order valence-electron chi connectivity index (χ4n) is 3.46. The van der Waals surface area contributed by atoms with Crippen molar-refractivity contribution in [3.63, 3.8) is 0 Å². The van der Waals surface area contributed by atoms with Crippen LogP contribution in [0.4, 0.5) is 0 Å². The molecule has 0 bridgehead atoms. The first kappa shape index (κ1) is 10.0. The molecule has 2 fully saturated rings. The van der Waals surface area contributed by atoms with E-state index in [4.69, 9.17) is 4.74 Å². The van der Waals surface area contributed by atoms with Gasteiger partial charge in [-0.3, -0.25) is 4.79 Å². The van der Waals surface area contributed by atoms with Gasteiger partial charge in [-0.1, -0.05) is 6.92 Å². The van der Waals surface area contributed by atoms with E-state index < -0.39 is 0 Å². The highest BCUT2D eigenvalue weighted by molar-refractivity contribution is 5.72. The van der Waals surface area contributed by atoms with Gasteiger partial charge in [0.25, 0.3) is 0 Å². The van der Waals surface area contributed by atoms with Crippen LogP contribution in [0.1, 0.15) is 45.4 Å². The second-order valence-corrected chi connectivity index (χ2v) is 5.31. The fraction of sp³-hybridized carbons (Fsp3) is 0.917. The van der Waals surface area contributed by atoms with E-state index in [9.17, 15) is 4.79 Å². The number of carbonyl (C=O) groups is 1. The van der Waals surface area contributed by atoms with E-state index in [0.29, 0.717) is 5.41 Å². The lowest BCUT2D eigenvalue weighted by molar-refractivity contribution is -0.148. The summed E-state index contributed by atoms with van der Waals surface area (Å²) in [4.78, 5) is 11.3. The molecule has 14 heavy (non-hydrogen) atoms. The summed E-state index contributed by atoms with van der Waals surface area (Å²) in [6.07, 6.45) is 7.38. The minimum atomic E-state index is 0.00669. The zero-order valence-electron chi connectivity index (χ0n) is 9.21. The van der Waals surface area contributed by atoms with Crippen molar-refractivity contribution in [3.05, 3.63) is 0 Å². The molecule has 2 aliphatic rings. The number of rotatable bonds is 1. The van der Waals surface area contributed by atoms with Gasteiger partial charge < -0.3 is 4.74 Å². The van der Waals surface area contributed by atoms with E-state index in [2.05, 4.69) is 6.92 Å². The molecule has 0 aromatic heterocycles. The molecule has 2 rings (SSSR count). The number of carbonyl (C=O) groups excluding carboxylic acids is 1. The predicted molar refractivity (Wildman–Crippen MR) is 54.8 cm³/mol. The van der Waals surface area contributed by atoms with Crippen LogP contribution in [0.2, 0.25) is 0 Å². The van der Waals surface area contributed by atoms with Crippen LogP contribution in [0.5, 0.6) is 0 Å². The van der Waals surface area contributed by atoms with Crippen molar-refractivity contribution in [2.24, 2.45) is 17.3 Å². The van der Waals surface area contributed by atoms with Crippen molar-refractivity contribution >= 4 is 5.97 Å². The van der Waals surface area contributed by atoms with Crippen LogP contribution in [0.15, 0.2) is 0 Å². The Morgan fingerprint density at radius 3 is 2.29 bits per heavy atom.